The first-order chi connectivity index (χ1) is 14.4. The highest BCUT2D eigenvalue weighted by atomic mass is 16.5. The van der Waals surface area contributed by atoms with Crippen LogP contribution >= 0.6 is 0 Å². The number of benzene rings is 2. The third kappa shape index (κ3) is 4.05. The summed E-state index contributed by atoms with van der Waals surface area (Å²) in [6.45, 7) is 0.224. The number of nitrogens with zero attached hydrogens (tertiary/aromatic N) is 5. The number of carbonyl (C=O) groups is 1. The average molecular weight is 403 g/mol. The molecule has 2 aromatic heterocycles. The minimum absolute atomic E-state index is 0.172. The SMILES string of the molecule is CN(C)c1ccc(-c2cc(CC(=O)OCc3ccc4c(c3)ncn4C)n(C)n2)cc1. The van der Waals surface area contributed by atoms with Crippen molar-refractivity contribution in [2.24, 2.45) is 14.1 Å². The molecule has 0 radical (unpaired) electrons. The highest BCUT2D eigenvalue weighted by Gasteiger charge is 2.13. The van der Waals surface area contributed by atoms with Gasteiger partial charge < -0.3 is 14.2 Å². The van der Waals surface area contributed by atoms with Gasteiger partial charge in [-0.05, 0) is 35.9 Å². The number of ether oxygens (including phenoxy) is 1. The smallest absolute Gasteiger partial charge is 0.312 e. The summed E-state index contributed by atoms with van der Waals surface area (Å²) < 4.78 is 9.17. The topological polar surface area (TPSA) is 65.2 Å². The quantitative estimate of drug-likeness (QED) is 0.462. The van der Waals surface area contributed by atoms with Crippen LogP contribution in [0.15, 0.2) is 54.9 Å². The minimum Gasteiger partial charge on any atom is -0.461 e. The highest BCUT2D eigenvalue weighted by Crippen LogP contribution is 2.22. The van der Waals surface area contributed by atoms with Gasteiger partial charge in [0, 0.05) is 45.1 Å². The Hall–Kier alpha value is -3.61. The van der Waals surface area contributed by atoms with Gasteiger partial charge in [0.05, 0.1) is 29.5 Å². The first kappa shape index (κ1) is 19.7. The monoisotopic (exact) mass is 403 g/mol. The largest absolute Gasteiger partial charge is 0.461 e. The summed E-state index contributed by atoms with van der Waals surface area (Å²) in [6, 6.07) is 16.0. The molecule has 0 fully saturated rings. The molecule has 0 spiro atoms. The Morgan fingerprint density at radius 3 is 2.57 bits per heavy atom. The van der Waals surface area contributed by atoms with Gasteiger partial charge >= 0.3 is 5.97 Å². The van der Waals surface area contributed by atoms with Gasteiger partial charge in [0.15, 0.2) is 0 Å². The molecule has 0 N–H and O–H groups in total. The highest BCUT2D eigenvalue weighted by molar-refractivity contribution is 5.76. The van der Waals surface area contributed by atoms with Gasteiger partial charge in [-0.2, -0.15) is 5.10 Å². The molecule has 4 rings (SSSR count). The second kappa shape index (κ2) is 8.02. The molecular weight excluding hydrogens is 378 g/mol. The summed E-state index contributed by atoms with van der Waals surface area (Å²) >= 11 is 0. The van der Waals surface area contributed by atoms with Crippen LogP contribution in [0.25, 0.3) is 22.3 Å². The van der Waals surface area contributed by atoms with Gasteiger partial charge in [0.2, 0.25) is 0 Å². The lowest BCUT2D eigenvalue weighted by Gasteiger charge is -2.12. The van der Waals surface area contributed by atoms with E-state index in [0.29, 0.717) is 0 Å². The second-order valence-corrected chi connectivity index (χ2v) is 7.60. The predicted octanol–water partition coefficient (Wildman–Crippen LogP) is 3.33. The Balaban J connectivity index is 1.40. The number of anilines is 1. The number of imidazole rings is 1. The van der Waals surface area contributed by atoms with E-state index in [1.165, 1.54) is 0 Å². The van der Waals surface area contributed by atoms with Crippen LogP contribution in [0.4, 0.5) is 5.69 Å². The molecule has 2 heterocycles. The number of hydrogen-bond acceptors (Lipinski definition) is 5. The molecule has 2 aromatic carbocycles. The summed E-state index contributed by atoms with van der Waals surface area (Å²) in [4.78, 5) is 18.8. The molecule has 0 unspecified atom stereocenters. The average Bonchev–Trinajstić information content (AvgIpc) is 3.29. The van der Waals surface area contributed by atoms with Crippen molar-refractivity contribution >= 4 is 22.7 Å². The summed E-state index contributed by atoms with van der Waals surface area (Å²) in [6.07, 6.45) is 1.94. The van der Waals surface area contributed by atoms with Gasteiger partial charge in [-0.15, -0.1) is 0 Å². The van der Waals surface area contributed by atoms with Gasteiger partial charge in [-0.25, -0.2) is 4.98 Å². The number of aromatic nitrogens is 4. The standard InChI is InChI=1S/C23H25N5O2/c1-26(2)18-8-6-17(7-9-18)20-12-19(28(4)25-20)13-23(29)30-14-16-5-10-22-21(11-16)24-15-27(22)3/h5-12,15H,13-14H2,1-4H3. The third-order valence-electron chi connectivity index (χ3n) is 5.17. The Labute approximate surface area is 175 Å². The van der Waals surface area contributed by atoms with Crippen LogP contribution in [0.2, 0.25) is 0 Å². The summed E-state index contributed by atoms with van der Waals surface area (Å²) in [5, 5.41) is 4.55. The molecule has 0 atom stereocenters. The molecule has 0 aliphatic heterocycles. The first-order valence-corrected chi connectivity index (χ1v) is 9.77. The summed E-state index contributed by atoms with van der Waals surface area (Å²) in [5.74, 6) is -0.284. The van der Waals surface area contributed by atoms with Crippen LogP contribution in [-0.2, 0) is 36.7 Å². The van der Waals surface area contributed by atoms with Crippen LogP contribution in [-0.4, -0.2) is 39.4 Å². The van der Waals surface area contributed by atoms with E-state index in [4.69, 9.17) is 4.74 Å². The zero-order valence-electron chi connectivity index (χ0n) is 17.7. The molecule has 0 aliphatic carbocycles. The fraction of sp³-hybridized carbons (Fsp3) is 0.261. The normalized spacial score (nSPS) is 11.1. The third-order valence-corrected chi connectivity index (χ3v) is 5.17. The minimum atomic E-state index is -0.284. The molecule has 0 saturated carbocycles. The maximum Gasteiger partial charge on any atom is 0.312 e. The van der Waals surface area contributed by atoms with E-state index in [1.807, 2.05) is 69.2 Å². The van der Waals surface area contributed by atoms with Crippen molar-refractivity contribution in [1.82, 2.24) is 19.3 Å². The molecular formula is C23H25N5O2. The van der Waals surface area contributed by atoms with E-state index >= 15 is 0 Å². The van der Waals surface area contributed by atoms with Crippen molar-refractivity contribution in [3.63, 3.8) is 0 Å². The molecule has 154 valence electrons. The number of fused-ring (bicyclic) bond motifs is 1. The Morgan fingerprint density at radius 1 is 1.07 bits per heavy atom. The molecule has 0 bridgehead atoms. The van der Waals surface area contributed by atoms with Crippen molar-refractivity contribution in [3.05, 3.63) is 66.1 Å². The maximum absolute atomic E-state index is 12.4. The summed E-state index contributed by atoms with van der Waals surface area (Å²) in [5.41, 5.74) is 6.65. The lowest BCUT2D eigenvalue weighted by atomic mass is 10.1. The molecule has 7 heteroatoms. The van der Waals surface area contributed by atoms with Crippen LogP contribution in [0.5, 0.6) is 0 Å². The van der Waals surface area contributed by atoms with E-state index in [9.17, 15) is 4.79 Å². The predicted molar refractivity (Wildman–Crippen MR) is 117 cm³/mol. The zero-order chi connectivity index (χ0) is 21.3. The van der Waals surface area contributed by atoms with Crippen LogP contribution in [0.1, 0.15) is 11.3 Å². The van der Waals surface area contributed by atoms with Gasteiger partial charge in [0.1, 0.15) is 6.61 Å². The number of esters is 1. The molecule has 4 aromatic rings. The van der Waals surface area contributed by atoms with E-state index in [2.05, 4.69) is 27.1 Å². The van der Waals surface area contributed by atoms with Crippen molar-refractivity contribution in [3.8, 4) is 11.3 Å². The Kier molecular flexibility index (Phi) is 5.27. The molecule has 0 amide bonds. The van der Waals surface area contributed by atoms with E-state index in [0.717, 1.165) is 39.2 Å². The van der Waals surface area contributed by atoms with Gasteiger partial charge in [-0.3, -0.25) is 9.48 Å². The number of rotatable bonds is 6. The van der Waals surface area contributed by atoms with Crippen molar-refractivity contribution < 1.29 is 9.53 Å². The van der Waals surface area contributed by atoms with Crippen LogP contribution in [0, 0.1) is 0 Å². The fourth-order valence-electron chi connectivity index (χ4n) is 3.38. The van der Waals surface area contributed by atoms with E-state index in [-0.39, 0.29) is 19.0 Å². The first-order valence-electron chi connectivity index (χ1n) is 9.77. The zero-order valence-corrected chi connectivity index (χ0v) is 17.7. The molecule has 0 aliphatic rings. The molecule has 30 heavy (non-hydrogen) atoms. The van der Waals surface area contributed by atoms with E-state index < -0.39 is 0 Å². The van der Waals surface area contributed by atoms with E-state index in [1.54, 1.807) is 11.0 Å². The number of aryl methyl sites for hydroxylation is 2. The fourth-order valence-corrected chi connectivity index (χ4v) is 3.38. The van der Waals surface area contributed by atoms with Crippen molar-refractivity contribution in [2.45, 2.75) is 13.0 Å². The van der Waals surface area contributed by atoms with Crippen LogP contribution in [0.3, 0.4) is 0 Å². The second-order valence-electron chi connectivity index (χ2n) is 7.60. The molecule has 0 saturated heterocycles. The lowest BCUT2D eigenvalue weighted by molar-refractivity contribution is -0.144. The summed E-state index contributed by atoms with van der Waals surface area (Å²) in [7, 11) is 7.81. The number of carbonyl (C=O) groups excluding carboxylic acids is 1. The van der Waals surface area contributed by atoms with Gasteiger partial charge in [-0.1, -0.05) is 18.2 Å². The molecule has 7 nitrogen and oxygen atoms in total. The lowest BCUT2D eigenvalue weighted by Crippen LogP contribution is -2.11. The van der Waals surface area contributed by atoms with Gasteiger partial charge in [0.25, 0.3) is 0 Å². The number of hydrogen-bond donors (Lipinski definition) is 0. The Morgan fingerprint density at radius 2 is 1.83 bits per heavy atom. The van der Waals surface area contributed by atoms with Crippen LogP contribution < -0.4 is 4.90 Å². The Bertz CT molecular complexity index is 1190. The maximum atomic E-state index is 12.4. The van der Waals surface area contributed by atoms with Crippen molar-refractivity contribution in [2.75, 3.05) is 19.0 Å². The van der Waals surface area contributed by atoms with Crippen molar-refractivity contribution in [1.29, 1.82) is 0 Å².